The molecule has 6 nitrogen and oxygen atoms in total. The third-order valence-electron chi connectivity index (χ3n) is 4.62. The molecule has 4 aromatic rings. The minimum atomic E-state index is -4.07. The Balaban J connectivity index is 1.67. The van der Waals surface area contributed by atoms with E-state index in [1.165, 1.54) is 12.1 Å². The van der Waals surface area contributed by atoms with E-state index in [0.717, 1.165) is 0 Å². The lowest BCUT2D eigenvalue weighted by atomic mass is 10.1. The van der Waals surface area contributed by atoms with Crippen molar-refractivity contribution >= 4 is 31.0 Å². The van der Waals surface area contributed by atoms with Crippen molar-refractivity contribution < 1.29 is 25.2 Å². The Hall–Kier alpha value is -3.36. The summed E-state index contributed by atoms with van der Waals surface area (Å²) >= 11 is 0. The van der Waals surface area contributed by atoms with Gasteiger partial charge in [-0.1, -0.05) is 84.9 Å². The summed E-state index contributed by atoms with van der Waals surface area (Å²) in [6.45, 7) is 0. The van der Waals surface area contributed by atoms with E-state index in [9.17, 15) is 16.8 Å². The van der Waals surface area contributed by atoms with Crippen molar-refractivity contribution in [2.24, 2.45) is 0 Å². The number of hydrogen-bond donors (Lipinski definition) is 0. The number of benzene rings is 4. The minimum absolute atomic E-state index is 0.184. The van der Waals surface area contributed by atoms with Gasteiger partial charge >= 0.3 is 20.2 Å². The molecule has 4 aromatic carbocycles. The SMILES string of the molecule is O=S(=O)(Cc1ccccc1)Oc1cc2ccccc2cc1OS(=O)(=O)Cc1ccccc1. The summed E-state index contributed by atoms with van der Waals surface area (Å²) in [6.07, 6.45) is 0. The highest BCUT2D eigenvalue weighted by atomic mass is 32.2. The molecule has 0 heterocycles. The topological polar surface area (TPSA) is 86.7 Å². The molecule has 0 saturated carbocycles. The Morgan fingerprint density at radius 1 is 0.500 bits per heavy atom. The second kappa shape index (κ2) is 9.02. The lowest BCUT2D eigenvalue weighted by molar-refractivity contribution is 0.449. The van der Waals surface area contributed by atoms with Gasteiger partial charge in [0.2, 0.25) is 0 Å². The molecule has 0 aliphatic carbocycles. The van der Waals surface area contributed by atoms with Crippen LogP contribution < -0.4 is 8.37 Å². The van der Waals surface area contributed by atoms with Crippen LogP contribution in [0.3, 0.4) is 0 Å². The van der Waals surface area contributed by atoms with E-state index >= 15 is 0 Å². The Morgan fingerprint density at radius 3 is 1.22 bits per heavy atom. The lowest BCUT2D eigenvalue weighted by Crippen LogP contribution is -2.16. The molecule has 0 N–H and O–H groups in total. The van der Waals surface area contributed by atoms with Gasteiger partial charge in [0.1, 0.15) is 11.5 Å². The van der Waals surface area contributed by atoms with Crippen LogP contribution in [0.25, 0.3) is 10.8 Å². The van der Waals surface area contributed by atoms with Gasteiger partial charge in [-0.15, -0.1) is 0 Å². The molecule has 0 amide bonds. The first-order chi connectivity index (χ1) is 15.3. The van der Waals surface area contributed by atoms with Gasteiger partial charge in [-0.05, 0) is 34.0 Å². The maximum atomic E-state index is 12.7. The molecular formula is C24H20O6S2. The van der Waals surface area contributed by atoms with Crippen LogP contribution in [0.2, 0.25) is 0 Å². The highest BCUT2D eigenvalue weighted by Crippen LogP contribution is 2.35. The lowest BCUT2D eigenvalue weighted by Gasteiger charge is -2.14. The molecule has 0 radical (unpaired) electrons. The fraction of sp³-hybridized carbons (Fsp3) is 0.0833. The van der Waals surface area contributed by atoms with E-state index in [4.69, 9.17) is 8.37 Å². The molecule has 0 fully saturated rings. The predicted molar refractivity (Wildman–Crippen MR) is 123 cm³/mol. The standard InChI is InChI=1S/C24H20O6S2/c25-31(26,17-19-9-3-1-4-10-19)29-23-15-21-13-7-8-14-22(21)16-24(23)30-32(27,28)18-20-11-5-2-6-12-20/h1-16H,17-18H2. The smallest absolute Gasteiger partial charge is 0.313 e. The Labute approximate surface area is 187 Å². The summed E-state index contributed by atoms with van der Waals surface area (Å²) in [6, 6.07) is 27.2. The second-order valence-corrected chi connectivity index (χ2v) is 10.3. The van der Waals surface area contributed by atoms with Gasteiger partial charge in [0, 0.05) is 0 Å². The van der Waals surface area contributed by atoms with E-state index < -0.39 is 20.2 Å². The van der Waals surface area contributed by atoms with Crippen molar-refractivity contribution in [1.29, 1.82) is 0 Å². The third kappa shape index (κ3) is 5.66. The van der Waals surface area contributed by atoms with Gasteiger partial charge in [0.05, 0.1) is 0 Å². The summed E-state index contributed by atoms with van der Waals surface area (Å²) < 4.78 is 61.4. The van der Waals surface area contributed by atoms with E-state index in [-0.39, 0.29) is 23.0 Å². The fourth-order valence-electron chi connectivity index (χ4n) is 3.22. The van der Waals surface area contributed by atoms with Gasteiger partial charge < -0.3 is 8.37 Å². The number of hydrogen-bond acceptors (Lipinski definition) is 6. The Morgan fingerprint density at radius 2 is 0.844 bits per heavy atom. The molecule has 0 saturated heterocycles. The van der Waals surface area contributed by atoms with Gasteiger partial charge in [0.15, 0.2) is 11.5 Å². The molecule has 0 aromatic heterocycles. The fourth-order valence-corrected chi connectivity index (χ4v) is 5.34. The predicted octanol–water partition coefficient (Wildman–Crippen LogP) is 4.66. The molecular weight excluding hydrogens is 448 g/mol. The average molecular weight is 469 g/mol. The second-order valence-electron chi connectivity index (χ2n) is 7.19. The van der Waals surface area contributed by atoms with Crippen LogP contribution in [-0.2, 0) is 31.7 Å². The summed E-state index contributed by atoms with van der Waals surface area (Å²) in [7, 11) is -8.14. The van der Waals surface area contributed by atoms with Crippen LogP contribution >= 0.6 is 0 Å². The van der Waals surface area contributed by atoms with Gasteiger partial charge in [-0.3, -0.25) is 0 Å². The first kappa shape index (κ1) is 21.9. The largest absolute Gasteiger partial charge is 0.378 e. The van der Waals surface area contributed by atoms with E-state index in [1.54, 1.807) is 84.9 Å². The first-order valence-corrected chi connectivity index (χ1v) is 12.9. The van der Waals surface area contributed by atoms with Crippen molar-refractivity contribution in [3.63, 3.8) is 0 Å². The number of rotatable bonds is 8. The van der Waals surface area contributed by atoms with Crippen LogP contribution in [0.1, 0.15) is 11.1 Å². The van der Waals surface area contributed by atoms with Crippen LogP contribution in [0, 0.1) is 0 Å². The first-order valence-electron chi connectivity index (χ1n) is 9.75. The summed E-state index contributed by atoms with van der Waals surface area (Å²) in [4.78, 5) is 0. The molecule has 0 unspecified atom stereocenters. The molecule has 4 rings (SSSR count). The number of fused-ring (bicyclic) bond motifs is 1. The van der Waals surface area contributed by atoms with Crippen LogP contribution in [0.5, 0.6) is 11.5 Å². The van der Waals surface area contributed by atoms with Crippen LogP contribution in [-0.4, -0.2) is 16.8 Å². The molecule has 32 heavy (non-hydrogen) atoms. The van der Waals surface area contributed by atoms with Gasteiger partial charge in [-0.2, -0.15) is 16.8 Å². The quantitative estimate of drug-likeness (QED) is 0.350. The van der Waals surface area contributed by atoms with Gasteiger partial charge in [-0.25, -0.2) is 0 Å². The zero-order chi connectivity index (χ0) is 22.6. The van der Waals surface area contributed by atoms with Crippen LogP contribution in [0.4, 0.5) is 0 Å². The zero-order valence-corrected chi connectivity index (χ0v) is 18.6. The molecule has 0 bridgehead atoms. The highest BCUT2D eigenvalue weighted by molar-refractivity contribution is 7.86. The highest BCUT2D eigenvalue weighted by Gasteiger charge is 2.22. The average Bonchev–Trinajstić information content (AvgIpc) is 2.74. The van der Waals surface area contributed by atoms with Crippen molar-refractivity contribution in [3.8, 4) is 11.5 Å². The van der Waals surface area contributed by atoms with Crippen molar-refractivity contribution in [2.75, 3.05) is 0 Å². The molecule has 0 atom stereocenters. The summed E-state index contributed by atoms with van der Waals surface area (Å²) in [5.74, 6) is -1.10. The molecule has 164 valence electrons. The summed E-state index contributed by atoms with van der Waals surface area (Å²) in [5, 5.41) is 1.37. The summed E-state index contributed by atoms with van der Waals surface area (Å²) in [5.41, 5.74) is 1.10. The zero-order valence-electron chi connectivity index (χ0n) is 16.9. The normalized spacial score (nSPS) is 11.9. The Kier molecular flexibility index (Phi) is 6.16. The third-order valence-corrected chi connectivity index (χ3v) is 6.86. The maximum absolute atomic E-state index is 12.7. The van der Waals surface area contributed by atoms with Crippen molar-refractivity contribution in [3.05, 3.63) is 108 Å². The molecule has 0 aliphatic heterocycles. The van der Waals surface area contributed by atoms with E-state index in [1.807, 2.05) is 0 Å². The van der Waals surface area contributed by atoms with E-state index in [0.29, 0.717) is 21.9 Å². The molecule has 8 heteroatoms. The maximum Gasteiger partial charge on any atom is 0.313 e. The van der Waals surface area contributed by atoms with Crippen molar-refractivity contribution in [2.45, 2.75) is 11.5 Å². The van der Waals surface area contributed by atoms with E-state index in [2.05, 4.69) is 0 Å². The minimum Gasteiger partial charge on any atom is -0.378 e. The van der Waals surface area contributed by atoms with Gasteiger partial charge in [0.25, 0.3) is 0 Å². The van der Waals surface area contributed by atoms with Crippen LogP contribution in [0.15, 0.2) is 97.1 Å². The molecule has 0 aliphatic rings. The molecule has 0 spiro atoms. The van der Waals surface area contributed by atoms with Crippen molar-refractivity contribution in [1.82, 2.24) is 0 Å². The Bertz CT molecular complexity index is 1320. The monoisotopic (exact) mass is 468 g/mol.